The van der Waals surface area contributed by atoms with Crippen LogP contribution < -0.4 is 9.47 Å². The maximum Gasteiger partial charge on any atom is 0.261 e. The van der Waals surface area contributed by atoms with Crippen molar-refractivity contribution in [2.75, 3.05) is 26.8 Å². The van der Waals surface area contributed by atoms with Crippen LogP contribution >= 0.6 is 0 Å². The van der Waals surface area contributed by atoms with Gasteiger partial charge in [-0.2, -0.15) is 4.31 Å². The van der Waals surface area contributed by atoms with Gasteiger partial charge in [0.05, 0.1) is 12.0 Å². The number of fused-ring (bicyclic) bond motifs is 1. The zero-order chi connectivity index (χ0) is 23.6. The average molecular weight is 469 g/mol. The normalized spacial score (nSPS) is 19.4. The molecular formula is C25H28N2O5S. The van der Waals surface area contributed by atoms with Crippen molar-refractivity contribution in [1.82, 2.24) is 9.21 Å². The molecule has 0 N–H and O–H groups in total. The number of benzene rings is 3. The van der Waals surface area contributed by atoms with Crippen molar-refractivity contribution in [3.63, 3.8) is 0 Å². The molecule has 33 heavy (non-hydrogen) atoms. The Kier molecular flexibility index (Phi) is 6.58. The van der Waals surface area contributed by atoms with Crippen molar-refractivity contribution >= 4 is 26.7 Å². The Hall–Kier alpha value is -3.10. The van der Waals surface area contributed by atoms with Crippen molar-refractivity contribution in [3.8, 4) is 11.5 Å². The summed E-state index contributed by atoms with van der Waals surface area (Å²) in [6, 6.07) is 19.4. The summed E-state index contributed by atoms with van der Waals surface area (Å²) in [7, 11) is -2.14. The van der Waals surface area contributed by atoms with Gasteiger partial charge < -0.3 is 14.4 Å². The molecule has 3 aromatic rings. The van der Waals surface area contributed by atoms with Crippen LogP contribution in [0.2, 0.25) is 0 Å². The number of hydrogen-bond donors (Lipinski definition) is 0. The fraction of sp³-hybridized carbons (Fsp3) is 0.320. The van der Waals surface area contributed by atoms with Crippen LogP contribution in [0.4, 0.5) is 0 Å². The summed E-state index contributed by atoms with van der Waals surface area (Å²) in [4.78, 5) is 14.9. The molecule has 1 heterocycles. The lowest BCUT2D eigenvalue weighted by Crippen LogP contribution is -2.60. The highest BCUT2D eigenvalue weighted by Crippen LogP contribution is 2.28. The molecule has 1 saturated heterocycles. The predicted octanol–water partition coefficient (Wildman–Crippen LogP) is 3.54. The molecule has 1 fully saturated rings. The molecule has 4 rings (SSSR count). The van der Waals surface area contributed by atoms with Crippen molar-refractivity contribution in [2.24, 2.45) is 0 Å². The quantitative estimate of drug-likeness (QED) is 0.553. The highest BCUT2D eigenvalue weighted by atomic mass is 32.2. The fourth-order valence-electron chi connectivity index (χ4n) is 4.39. The number of rotatable bonds is 6. The fourth-order valence-corrected chi connectivity index (χ4v) is 6.03. The van der Waals surface area contributed by atoms with E-state index in [0.29, 0.717) is 11.5 Å². The van der Waals surface area contributed by atoms with Crippen LogP contribution in [0, 0.1) is 0 Å². The Morgan fingerprint density at radius 3 is 2.18 bits per heavy atom. The summed E-state index contributed by atoms with van der Waals surface area (Å²) < 4.78 is 39.2. The van der Waals surface area contributed by atoms with E-state index in [1.807, 2.05) is 56.3 Å². The van der Waals surface area contributed by atoms with E-state index in [9.17, 15) is 13.2 Å². The topological polar surface area (TPSA) is 76.2 Å². The molecule has 0 radical (unpaired) electrons. The van der Waals surface area contributed by atoms with Gasteiger partial charge in [-0.25, -0.2) is 8.42 Å². The summed E-state index contributed by atoms with van der Waals surface area (Å²) in [6.07, 6.45) is 0. The number of piperazine rings is 1. The van der Waals surface area contributed by atoms with Gasteiger partial charge >= 0.3 is 0 Å². The lowest BCUT2D eigenvalue weighted by atomic mass is 10.1. The Bertz CT molecular complexity index is 1250. The first kappa shape index (κ1) is 23.1. The minimum absolute atomic E-state index is 0.146. The molecule has 1 unspecified atom stereocenters. The molecule has 7 nitrogen and oxygen atoms in total. The van der Waals surface area contributed by atoms with Gasteiger partial charge in [-0.1, -0.05) is 42.5 Å². The monoisotopic (exact) mass is 468 g/mol. The summed E-state index contributed by atoms with van der Waals surface area (Å²) in [5.74, 6) is 0.854. The SMILES string of the molecule is COc1ccccc1OCC(=O)N1C(C)CN(S(=O)(=O)c2ccc3ccccc3c2)C[C@H]1C. The van der Waals surface area contributed by atoms with Crippen LogP contribution in [0.15, 0.2) is 71.6 Å². The van der Waals surface area contributed by atoms with Crippen molar-refractivity contribution in [1.29, 1.82) is 0 Å². The summed E-state index contributed by atoms with van der Waals surface area (Å²) in [5, 5.41) is 1.87. The highest BCUT2D eigenvalue weighted by Gasteiger charge is 2.38. The number of carbonyl (C=O) groups is 1. The van der Waals surface area contributed by atoms with Gasteiger partial charge in [0.1, 0.15) is 0 Å². The summed E-state index contributed by atoms with van der Waals surface area (Å²) in [6.45, 7) is 4.02. The van der Waals surface area contributed by atoms with Gasteiger partial charge in [0, 0.05) is 25.2 Å². The molecule has 0 bridgehead atoms. The third-order valence-corrected chi connectivity index (χ3v) is 7.78. The Labute approximate surface area is 194 Å². The molecule has 3 aromatic carbocycles. The molecule has 1 aliphatic rings. The van der Waals surface area contributed by atoms with E-state index >= 15 is 0 Å². The van der Waals surface area contributed by atoms with E-state index < -0.39 is 10.0 Å². The van der Waals surface area contributed by atoms with Crippen LogP contribution in [0.25, 0.3) is 10.8 Å². The van der Waals surface area contributed by atoms with Crippen molar-refractivity contribution in [2.45, 2.75) is 30.8 Å². The molecule has 174 valence electrons. The number of para-hydroxylation sites is 2. The maximum absolute atomic E-state index is 13.4. The van der Waals surface area contributed by atoms with Crippen LogP contribution in [0.3, 0.4) is 0 Å². The van der Waals surface area contributed by atoms with Crippen LogP contribution in [-0.2, 0) is 14.8 Å². The molecular weight excluding hydrogens is 440 g/mol. The first-order valence-corrected chi connectivity index (χ1v) is 12.3. The first-order chi connectivity index (χ1) is 15.8. The predicted molar refractivity (Wildman–Crippen MR) is 127 cm³/mol. The molecule has 8 heteroatoms. The number of nitrogens with zero attached hydrogens (tertiary/aromatic N) is 2. The van der Waals surface area contributed by atoms with Crippen LogP contribution in [-0.4, -0.2) is 62.4 Å². The largest absolute Gasteiger partial charge is 0.493 e. The molecule has 0 aliphatic carbocycles. The number of hydrogen-bond acceptors (Lipinski definition) is 5. The second-order valence-electron chi connectivity index (χ2n) is 8.27. The Balaban J connectivity index is 1.47. The van der Waals surface area contributed by atoms with Gasteiger partial charge in [0.2, 0.25) is 10.0 Å². The van der Waals surface area contributed by atoms with E-state index in [1.165, 1.54) is 4.31 Å². The molecule has 0 aromatic heterocycles. The summed E-state index contributed by atoms with van der Waals surface area (Å²) >= 11 is 0. The summed E-state index contributed by atoms with van der Waals surface area (Å²) in [5.41, 5.74) is 0. The maximum atomic E-state index is 13.4. The van der Waals surface area contributed by atoms with Crippen LogP contribution in [0.1, 0.15) is 13.8 Å². The zero-order valence-electron chi connectivity index (χ0n) is 19.0. The zero-order valence-corrected chi connectivity index (χ0v) is 19.8. The van der Waals surface area contributed by atoms with Gasteiger partial charge in [-0.3, -0.25) is 4.79 Å². The number of ether oxygens (including phenoxy) is 2. The Morgan fingerprint density at radius 1 is 0.909 bits per heavy atom. The van der Waals surface area contributed by atoms with Crippen molar-refractivity contribution in [3.05, 3.63) is 66.7 Å². The minimum atomic E-state index is -3.69. The second-order valence-corrected chi connectivity index (χ2v) is 10.2. The third-order valence-electron chi connectivity index (χ3n) is 5.95. The molecule has 0 saturated carbocycles. The number of methoxy groups -OCH3 is 1. The van der Waals surface area contributed by atoms with Gasteiger partial charge in [-0.05, 0) is 48.9 Å². The lowest BCUT2D eigenvalue weighted by Gasteiger charge is -2.43. The highest BCUT2D eigenvalue weighted by molar-refractivity contribution is 7.89. The first-order valence-electron chi connectivity index (χ1n) is 10.9. The molecule has 2 atom stereocenters. The lowest BCUT2D eigenvalue weighted by molar-refractivity contribution is -0.140. The van der Waals surface area contributed by atoms with E-state index in [4.69, 9.17) is 9.47 Å². The van der Waals surface area contributed by atoms with E-state index in [1.54, 1.807) is 36.3 Å². The van der Waals surface area contributed by atoms with E-state index in [2.05, 4.69) is 0 Å². The smallest absolute Gasteiger partial charge is 0.261 e. The van der Waals surface area contributed by atoms with Gasteiger partial charge in [0.25, 0.3) is 5.91 Å². The second kappa shape index (κ2) is 9.41. The third kappa shape index (κ3) is 4.67. The minimum Gasteiger partial charge on any atom is -0.493 e. The van der Waals surface area contributed by atoms with E-state index in [0.717, 1.165) is 10.8 Å². The average Bonchev–Trinajstić information content (AvgIpc) is 2.82. The number of carbonyl (C=O) groups excluding carboxylic acids is 1. The molecule has 1 amide bonds. The van der Waals surface area contributed by atoms with Gasteiger partial charge in [0.15, 0.2) is 18.1 Å². The number of amides is 1. The van der Waals surface area contributed by atoms with Gasteiger partial charge in [-0.15, -0.1) is 0 Å². The number of sulfonamides is 1. The van der Waals surface area contributed by atoms with Crippen LogP contribution in [0.5, 0.6) is 11.5 Å². The Morgan fingerprint density at radius 2 is 1.52 bits per heavy atom. The van der Waals surface area contributed by atoms with Crippen molar-refractivity contribution < 1.29 is 22.7 Å². The molecule has 1 aliphatic heterocycles. The van der Waals surface area contributed by atoms with E-state index in [-0.39, 0.29) is 42.6 Å². The standard InChI is InChI=1S/C25H28N2O5S/c1-18-15-26(33(29,30)22-13-12-20-8-4-5-9-21(20)14-22)16-19(2)27(18)25(28)17-32-24-11-7-6-10-23(24)31-3/h4-14,18-19H,15-17H2,1-3H3/t18-,19?/m1/s1. The molecule has 0 spiro atoms.